The van der Waals surface area contributed by atoms with Crippen LogP contribution in [0.1, 0.15) is 17.2 Å². The van der Waals surface area contributed by atoms with Crippen molar-refractivity contribution in [1.82, 2.24) is 5.06 Å². The number of carbonyl (C=O) groups excluding carboxylic acids is 1. The minimum Gasteiger partial charge on any atom is -0.438 e. The van der Waals surface area contributed by atoms with Crippen molar-refractivity contribution in [2.45, 2.75) is 12.2 Å². The molecule has 0 fully saturated rings. The second-order valence-electron chi connectivity index (χ2n) is 5.34. The molecular weight excluding hydrogens is 335 g/mol. The molecule has 0 aliphatic carbocycles. The number of alkyl halides is 3. The Labute approximate surface area is 142 Å². The van der Waals surface area contributed by atoms with Crippen molar-refractivity contribution in [3.8, 4) is 0 Å². The van der Waals surface area contributed by atoms with Gasteiger partial charge in [-0.15, -0.1) is 5.06 Å². The van der Waals surface area contributed by atoms with Crippen LogP contribution >= 0.6 is 0 Å². The second-order valence-corrected chi connectivity index (χ2v) is 5.34. The summed E-state index contributed by atoms with van der Waals surface area (Å²) in [7, 11) is 0. The van der Waals surface area contributed by atoms with Crippen LogP contribution in [0.25, 0.3) is 5.76 Å². The maximum Gasteiger partial charge on any atom is 0.444 e. The Morgan fingerprint density at radius 1 is 1.04 bits per heavy atom. The fraction of sp³-hybridized carbons (Fsp3) is 0.167. The Morgan fingerprint density at radius 3 is 2.24 bits per heavy atom. The molecule has 1 aliphatic rings. The van der Waals surface area contributed by atoms with Crippen LogP contribution in [0.3, 0.4) is 0 Å². The monoisotopic (exact) mass is 349 g/mol. The fourth-order valence-corrected chi connectivity index (χ4v) is 2.40. The van der Waals surface area contributed by atoms with Gasteiger partial charge in [-0.3, -0.25) is 0 Å². The number of nitrogens with zero attached hydrogens (tertiary/aromatic N) is 1. The lowest BCUT2D eigenvalue weighted by atomic mass is 10.1. The molecule has 0 N–H and O–H groups in total. The van der Waals surface area contributed by atoms with Crippen molar-refractivity contribution in [3.05, 3.63) is 77.9 Å². The number of hydrogen-bond acceptors (Lipinski definition) is 3. The third kappa shape index (κ3) is 4.12. The molecule has 2 aromatic carbocycles. The van der Waals surface area contributed by atoms with Gasteiger partial charge in [0, 0.05) is 5.56 Å². The van der Waals surface area contributed by atoms with Crippen molar-refractivity contribution < 1.29 is 27.5 Å². The average molecular weight is 349 g/mol. The van der Waals surface area contributed by atoms with E-state index in [2.05, 4.69) is 4.74 Å². The molecule has 1 aliphatic heterocycles. The van der Waals surface area contributed by atoms with Gasteiger partial charge in [-0.2, -0.15) is 13.2 Å². The molecule has 1 heterocycles. The van der Waals surface area contributed by atoms with E-state index in [1.165, 1.54) is 0 Å². The van der Waals surface area contributed by atoms with Gasteiger partial charge in [-0.25, -0.2) is 4.79 Å². The third-order valence-corrected chi connectivity index (χ3v) is 3.50. The van der Waals surface area contributed by atoms with Crippen molar-refractivity contribution in [2.75, 3.05) is 6.61 Å². The maximum atomic E-state index is 12.3. The molecule has 0 saturated heterocycles. The predicted molar refractivity (Wildman–Crippen MR) is 83.9 cm³/mol. The number of rotatable bonds is 3. The molecule has 25 heavy (non-hydrogen) atoms. The van der Waals surface area contributed by atoms with E-state index in [1.807, 2.05) is 6.07 Å². The molecule has 4 nitrogen and oxygen atoms in total. The third-order valence-electron chi connectivity index (χ3n) is 3.50. The molecule has 130 valence electrons. The van der Waals surface area contributed by atoms with E-state index < -0.39 is 24.9 Å². The highest BCUT2D eigenvalue weighted by atomic mass is 19.4. The van der Waals surface area contributed by atoms with Crippen LogP contribution in [0.5, 0.6) is 0 Å². The summed E-state index contributed by atoms with van der Waals surface area (Å²) in [6.45, 7) is -1.67. The van der Waals surface area contributed by atoms with E-state index in [0.717, 1.165) is 5.06 Å². The molecule has 7 heteroatoms. The van der Waals surface area contributed by atoms with Gasteiger partial charge in [0.15, 0.2) is 12.4 Å². The quantitative estimate of drug-likeness (QED) is 0.805. The number of hydrogen-bond donors (Lipinski definition) is 0. The van der Waals surface area contributed by atoms with Crippen LogP contribution in [0, 0.1) is 0 Å². The Hall–Kier alpha value is -2.96. The van der Waals surface area contributed by atoms with E-state index in [1.54, 1.807) is 60.7 Å². The van der Waals surface area contributed by atoms with Crippen molar-refractivity contribution in [3.63, 3.8) is 0 Å². The summed E-state index contributed by atoms with van der Waals surface area (Å²) >= 11 is 0. The smallest absolute Gasteiger partial charge is 0.438 e. The minimum absolute atomic E-state index is 0.374. The van der Waals surface area contributed by atoms with Crippen LogP contribution in [0.2, 0.25) is 0 Å². The first kappa shape index (κ1) is 16.9. The lowest BCUT2D eigenvalue weighted by Crippen LogP contribution is -2.33. The first-order chi connectivity index (χ1) is 11.9. The first-order valence-corrected chi connectivity index (χ1v) is 7.47. The highest BCUT2D eigenvalue weighted by Gasteiger charge is 2.37. The Kier molecular flexibility index (Phi) is 4.65. The summed E-state index contributed by atoms with van der Waals surface area (Å²) in [4.78, 5) is 17.6. The maximum absolute atomic E-state index is 12.3. The van der Waals surface area contributed by atoms with Gasteiger partial charge < -0.3 is 9.57 Å². The highest BCUT2D eigenvalue weighted by Crippen LogP contribution is 2.36. The van der Waals surface area contributed by atoms with Crippen LogP contribution in [0.4, 0.5) is 18.0 Å². The van der Waals surface area contributed by atoms with Crippen LogP contribution < -0.4 is 0 Å². The summed E-state index contributed by atoms with van der Waals surface area (Å²) in [5.41, 5.74) is 1.40. The van der Waals surface area contributed by atoms with Gasteiger partial charge in [-0.05, 0) is 11.6 Å². The van der Waals surface area contributed by atoms with Gasteiger partial charge in [0.1, 0.15) is 6.04 Å². The van der Waals surface area contributed by atoms with E-state index >= 15 is 0 Å². The zero-order valence-electron chi connectivity index (χ0n) is 12.9. The van der Waals surface area contributed by atoms with E-state index in [4.69, 9.17) is 4.84 Å². The molecule has 1 amide bonds. The number of halogens is 3. The summed E-state index contributed by atoms with van der Waals surface area (Å²) in [5.74, 6) is 0.374. The SMILES string of the molecule is O=C(OCC(F)(F)F)N1OC(c2ccccc2)=CC1c1ccccc1. The lowest BCUT2D eigenvalue weighted by molar-refractivity contribution is -0.171. The number of benzene rings is 2. The van der Waals surface area contributed by atoms with Gasteiger partial charge in [0.2, 0.25) is 0 Å². The number of ether oxygens (including phenoxy) is 1. The van der Waals surface area contributed by atoms with Crippen LogP contribution in [-0.2, 0) is 9.57 Å². The van der Waals surface area contributed by atoms with E-state index in [9.17, 15) is 18.0 Å². The van der Waals surface area contributed by atoms with Gasteiger partial charge in [-0.1, -0.05) is 60.7 Å². The molecule has 0 saturated carbocycles. The standard InChI is InChI=1S/C18H14F3NO3/c19-18(20,21)12-24-17(23)22-15(13-7-3-1-4-8-13)11-16(25-22)14-9-5-2-6-10-14/h1-11,15H,12H2. The molecule has 1 unspecified atom stereocenters. The summed E-state index contributed by atoms with van der Waals surface area (Å²) in [5, 5.41) is 0.809. The minimum atomic E-state index is -4.60. The zero-order chi connectivity index (χ0) is 17.9. The molecule has 0 aromatic heterocycles. The predicted octanol–water partition coefficient (Wildman–Crippen LogP) is 4.71. The molecule has 0 radical (unpaired) electrons. The Bertz CT molecular complexity index is 760. The summed E-state index contributed by atoms with van der Waals surface area (Å²) in [6, 6.07) is 17.1. The molecule has 3 rings (SSSR count). The van der Waals surface area contributed by atoms with Crippen LogP contribution in [0.15, 0.2) is 66.7 Å². The van der Waals surface area contributed by atoms with Crippen molar-refractivity contribution in [1.29, 1.82) is 0 Å². The topological polar surface area (TPSA) is 38.8 Å². The summed E-state index contributed by atoms with van der Waals surface area (Å²) < 4.78 is 41.3. The highest BCUT2D eigenvalue weighted by molar-refractivity contribution is 5.72. The van der Waals surface area contributed by atoms with E-state index in [-0.39, 0.29) is 0 Å². The lowest BCUT2D eigenvalue weighted by Gasteiger charge is -2.23. The van der Waals surface area contributed by atoms with Crippen molar-refractivity contribution in [2.24, 2.45) is 0 Å². The average Bonchev–Trinajstić information content (AvgIpc) is 3.06. The molecule has 2 aromatic rings. The van der Waals surface area contributed by atoms with Gasteiger partial charge >= 0.3 is 12.3 Å². The largest absolute Gasteiger partial charge is 0.444 e. The Balaban J connectivity index is 1.85. The van der Waals surface area contributed by atoms with Gasteiger partial charge in [0.25, 0.3) is 0 Å². The number of amides is 1. The van der Waals surface area contributed by atoms with E-state index in [0.29, 0.717) is 16.9 Å². The first-order valence-electron chi connectivity index (χ1n) is 7.47. The van der Waals surface area contributed by atoms with Crippen LogP contribution in [-0.4, -0.2) is 23.9 Å². The molecule has 1 atom stereocenters. The zero-order valence-corrected chi connectivity index (χ0v) is 12.9. The fourth-order valence-electron chi connectivity index (χ4n) is 2.40. The number of carbonyl (C=O) groups is 1. The van der Waals surface area contributed by atoms with Gasteiger partial charge in [0.05, 0.1) is 0 Å². The molecular formula is C18H14F3NO3. The summed E-state index contributed by atoms with van der Waals surface area (Å²) in [6.07, 6.45) is -4.14. The molecule has 0 bridgehead atoms. The number of hydroxylamine groups is 2. The Morgan fingerprint density at radius 2 is 1.64 bits per heavy atom. The molecule has 0 spiro atoms. The normalized spacial score (nSPS) is 17.0. The van der Waals surface area contributed by atoms with Crippen molar-refractivity contribution >= 4 is 11.9 Å². The second kappa shape index (κ2) is 6.88.